The van der Waals surface area contributed by atoms with Crippen LogP contribution in [0.2, 0.25) is 0 Å². The lowest BCUT2D eigenvalue weighted by molar-refractivity contribution is 0.465. The quantitative estimate of drug-likeness (QED) is 0.772. The zero-order chi connectivity index (χ0) is 13.2. The molecular weight excluding hydrogens is 242 g/mol. The van der Waals surface area contributed by atoms with Gasteiger partial charge in [0.15, 0.2) is 11.6 Å². The Labute approximate surface area is 109 Å². The van der Waals surface area contributed by atoms with E-state index in [-0.39, 0.29) is 0 Å². The van der Waals surface area contributed by atoms with Crippen molar-refractivity contribution < 1.29 is 4.42 Å². The highest BCUT2D eigenvalue weighted by Gasteiger charge is 2.10. The molecule has 2 aromatic heterocycles. The number of oxazole rings is 1. The topological polar surface area (TPSA) is 82.8 Å². The highest BCUT2D eigenvalue weighted by atomic mass is 16.4. The summed E-state index contributed by atoms with van der Waals surface area (Å²) in [6, 6.07) is 9.83. The first-order valence-electron chi connectivity index (χ1n) is 5.90. The Balaban J connectivity index is 1.84. The SMILES string of the molecule is Cc1c(N)nnn1Cc1ncc(-c2ccccc2)o1. The fourth-order valence-electron chi connectivity index (χ4n) is 1.77. The molecule has 0 aliphatic heterocycles. The highest BCUT2D eigenvalue weighted by molar-refractivity contribution is 5.55. The summed E-state index contributed by atoms with van der Waals surface area (Å²) in [4.78, 5) is 4.24. The number of rotatable bonds is 3. The van der Waals surface area contributed by atoms with Gasteiger partial charge in [-0.25, -0.2) is 9.67 Å². The van der Waals surface area contributed by atoms with Crippen molar-refractivity contribution >= 4 is 5.82 Å². The lowest BCUT2D eigenvalue weighted by Gasteiger charge is -1.99. The largest absolute Gasteiger partial charge is 0.439 e. The van der Waals surface area contributed by atoms with Gasteiger partial charge in [-0.15, -0.1) is 5.10 Å². The van der Waals surface area contributed by atoms with Gasteiger partial charge in [-0.05, 0) is 6.92 Å². The zero-order valence-corrected chi connectivity index (χ0v) is 10.4. The monoisotopic (exact) mass is 255 g/mol. The van der Waals surface area contributed by atoms with Crippen molar-refractivity contribution in [2.45, 2.75) is 13.5 Å². The molecule has 0 amide bonds. The van der Waals surface area contributed by atoms with E-state index in [0.717, 1.165) is 17.0 Å². The molecule has 0 radical (unpaired) electrons. The van der Waals surface area contributed by atoms with Crippen LogP contribution in [0.25, 0.3) is 11.3 Å². The molecule has 0 aliphatic rings. The van der Waals surface area contributed by atoms with Gasteiger partial charge < -0.3 is 10.2 Å². The Bertz CT molecular complexity index is 686. The first kappa shape index (κ1) is 11.5. The minimum Gasteiger partial charge on any atom is -0.439 e. The molecule has 0 saturated carbocycles. The molecule has 6 nitrogen and oxygen atoms in total. The maximum atomic E-state index is 5.70. The first-order chi connectivity index (χ1) is 9.24. The second-order valence-corrected chi connectivity index (χ2v) is 4.20. The third-order valence-corrected chi connectivity index (χ3v) is 2.92. The number of nitrogens with two attached hydrogens (primary N) is 1. The van der Waals surface area contributed by atoms with E-state index in [9.17, 15) is 0 Å². The van der Waals surface area contributed by atoms with E-state index in [1.54, 1.807) is 10.9 Å². The molecule has 2 heterocycles. The van der Waals surface area contributed by atoms with Crippen LogP contribution in [0, 0.1) is 6.92 Å². The number of nitrogens with zero attached hydrogens (tertiary/aromatic N) is 4. The molecule has 19 heavy (non-hydrogen) atoms. The molecule has 0 saturated heterocycles. The van der Waals surface area contributed by atoms with Crippen LogP contribution in [0.3, 0.4) is 0 Å². The van der Waals surface area contributed by atoms with Crippen molar-refractivity contribution in [1.29, 1.82) is 0 Å². The fraction of sp³-hybridized carbons (Fsp3) is 0.154. The van der Waals surface area contributed by atoms with E-state index >= 15 is 0 Å². The minimum atomic E-state index is 0.420. The Morgan fingerprint density at radius 2 is 2.05 bits per heavy atom. The Morgan fingerprint density at radius 1 is 1.26 bits per heavy atom. The van der Waals surface area contributed by atoms with Gasteiger partial charge in [0.05, 0.1) is 11.9 Å². The molecule has 1 aromatic carbocycles. The molecule has 3 rings (SSSR count). The van der Waals surface area contributed by atoms with Gasteiger partial charge in [-0.3, -0.25) is 0 Å². The molecule has 0 unspecified atom stereocenters. The Morgan fingerprint density at radius 3 is 2.74 bits per heavy atom. The predicted molar refractivity (Wildman–Crippen MR) is 70.2 cm³/mol. The third-order valence-electron chi connectivity index (χ3n) is 2.92. The van der Waals surface area contributed by atoms with Crippen LogP contribution < -0.4 is 5.73 Å². The predicted octanol–water partition coefficient (Wildman–Crippen LogP) is 1.87. The van der Waals surface area contributed by atoms with Crippen LogP contribution in [0.4, 0.5) is 5.82 Å². The van der Waals surface area contributed by atoms with Crippen molar-refractivity contribution in [3.8, 4) is 11.3 Å². The average molecular weight is 255 g/mol. The summed E-state index contributed by atoms with van der Waals surface area (Å²) in [5.74, 6) is 1.74. The van der Waals surface area contributed by atoms with E-state index in [4.69, 9.17) is 10.2 Å². The molecule has 0 bridgehead atoms. The lowest BCUT2D eigenvalue weighted by atomic mass is 10.2. The van der Waals surface area contributed by atoms with Gasteiger partial charge in [0.25, 0.3) is 0 Å². The number of hydrogen-bond acceptors (Lipinski definition) is 5. The van der Waals surface area contributed by atoms with Gasteiger partial charge in [0.2, 0.25) is 5.89 Å². The van der Waals surface area contributed by atoms with Crippen molar-refractivity contribution in [2.75, 3.05) is 5.73 Å². The van der Waals surface area contributed by atoms with E-state index in [2.05, 4.69) is 15.3 Å². The number of anilines is 1. The molecular formula is C13H13N5O. The molecule has 0 atom stereocenters. The molecule has 0 fully saturated rings. The van der Waals surface area contributed by atoms with Crippen molar-refractivity contribution in [3.05, 3.63) is 48.1 Å². The van der Waals surface area contributed by atoms with Crippen LogP contribution >= 0.6 is 0 Å². The van der Waals surface area contributed by atoms with Crippen molar-refractivity contribution in [3.63, 3.8) is 0 Å². The summed E-state index contributed by atoms with van der Waals surface area (Å²) in [5.41, 5.74) is 7.45. The van der Waals surface area contributed by atoms with Crippen LogP contribution in [-0.2, 0) is 6.54 Å². The average Bonchev–Trinajstić information content (AvgIpc) is 3.02. The molecule has 2 N–H and O–H groups in total. The summed E-state index contributed by atoms with van der Waals surface area (Å²) >= 11 is 0. The van der Waals surface area contributed by atoms with Crippen LogP contribution in [0.15, 0.2) is 40.9 Å². The van der Waals surface area contributed by atoms with E-state index in [1.807, 2.05) is 37.3 Å². The van der Waals surface area contributed by atoms with Gasteiger partial charge >= 0.3 is 0 Å². The standard InChI is InChI=1S/C13H13N5O/c1-9-13(14)16-17-18(9)8-12-15-7-11(19-12)10-5-3-2-4-6-10/h2-7H,8,14H2,1H3. The fourth-order valence-corrected chi connectivity index (χ4v) is 1.77. The minimum absolute atomic E-state index is 0.420. The normalized spacial score (nSPS) is 10.8. The molecule has 96 valence electrons. The zero-order valence-electron chi connectivity index (χ0n) is 10.4. The van der Waals surface area contributed by atoms with E-state index in [1.165, 1.54) is 0 Å². The second kappa shape index (κ2) is 4.56. The third kappa shape index (κ3) is 2.20. The van der Waals surface area contributed by atoms with Gasteiger partial charge in [0, 0.05) is 5.56 Å². The van der Waals surface area contributed by atoms with Crippen molar-refractivity contribution in [1.82, 2.24) is 20.0 Å². The molecule has 0 spiro atoms. The highest BCUT2D eigenvalue weighted by Crippen LogP contribution is 2.20. The molecule has 6 heteroatoms. The van der Waals surface area contributed by atoms with Crippen LogP contribution in [-0.4, -0.2) is 20.0 Å². The second-order valence-electron chi connectivity index (χ2n) is 4.20. The summed E-state index contributed by atoms with van der Waals surface area (Å²) in [6.45, 7) is 2.28. The number of aromatic nitrogens is 4. The van der Waals surface area contributed by atoms with Crippen LogP contribution in [0.1, 0.15) is 11.6 Å². The maximum absolute atomic E-state index is 5.70. The number of nitrogen functional groups attached to an aromatic ring is 1. The van der Waals surface area contributed by atoms with E-state index in [0.29, 0.717) is 18.3 Å². The van der Waals surface area contributed by atoms with Gasteiger partial charge in [0.1, 0.15) is 6.54 Å². The van der Waals surface area contributed by atoms with E-state index < -0.39 is 0 Å². The summed E-state index contributed by atoms with van der Waals surface area (Å²) in [6.07, 6.45) is 1.71. The summed E-state index contributed by atoms with van der Waals surface area (Å²) < 4.78 is 7.36. The van der Waals surface area contributed by atoms with Gasteiger partial charge in [-0.2, -0.15) is 0 Å². The van der Waals surface area contributed by atoms with Crippen molar-refractivity contribution in [2.24, 2.45) is 0 Å². The van der Waals surface area contributed by atoms with Crippen LogP contribution in [0.5, 0.6) is 0 Å². The maximum Gasteiger partial charge on any atom is 0.216 e. The lowest BCUT2D eigenvalue weighted by Crippen LogP contribution is -2.04. The molecule has 3 aromatic rings. The number of hydrogen-bond donors (Lipinski definition) is 1. The van der Waals surface area contributed by atoms with Gasteiger partial charge in [-0.1, -0.05) is 35.5 Å². The smallest absolute Gasteiger partial charge is 0.216 e. The summed E-state index contributed by atoms with van der Waals surface area (Å²) in [5, 5.41) is 7.73. The number of benzene rings is 1. The Kier molecular flexibility index (Phi) is 2.75. The Hall–Kier alpha value is -2.63. The molecule has 0 aliphatic carbocycles. The first-order valence-corrected chi connectivity index (χ1v) is 5.90. The summed E-state index contributed by atoms with van der Waals surface area (Å²) in [7, 11) is 0.